The van der Waals surface area contributed by atoms with E-state index in [0.717, 1.165) is 71.8 Å². The van der Waals surface area contributed by atoms with Gasteiger partial charge in [0.05, 0.1) is 11.0 Å². The number of furan rings is 1. The maximum atomic E-state index is 6.25. The van der Waals surface area contributed by atoms with Crippen LogP contribution in [0.15, 0.2) is 168 Å². The minimum Gasteiger partial charge on any atom is -0.436 e. The largest absolute Gasteiger partial charge is 0.436 e. The van der Waals surface area contributed by atoms with Crippen molar-refractivity contribution >= 4 is 44.0 Å². The third-order valence-corrected chi connectivity index (χ3v) is 9.37. The molecule has 0 atom stereocenters. The molecule has 0 bridgehead atoms. The second kappa shape index (κ2) is 11.8. The van der Waals surface area contributed by atoms with E-state index < -0.39 is 0 Å². The summed E-state index contributed by atoms with van der Waals surface area (Å²) in [4.78, 5) is 24.2. The van der Waals surface area contributed by atoms with Crippen LogP contribution in [0.2, 0.25) is 0 Å². The molecule has 7 aromatic carbocycles. The summed E-state index contributed by atoms with van der Waals surface area (Å²) in [5.74, 6) is 1.92. The van der Waals surface area contributed by atoms with Crippen LogP contribution in [-0.2, 0) is 0 Å². The normalized spacial score (nSPS) is 11.5. The molecule has 0 N–H and O–H groups in total. The van der Waals surface area contributed by atoms with Crippen LogP contribution in [0.1, 0.15) is 0 Å². The third-order valence-electron chi connectivity index (χ3n) is 9.37. The monoisotopic (exact) mass is 653 g/mol. The molecule has 0 spiro atoms. The fourth-order valence-corrected chi connectivity index (χ4v) is 6.84. The van der Waals surface area contributed by atoms with E-state index in [-0.39, 0.29) is 0 Å². The topological polar surface area (TPSA) is 77.6 Å². The van der Waals surface area contributed by atoms with E-state index in [1.807, 2.05) is 84.9 Å². The van der Waals surface area contributed by atoms with E-state index >= 15 is 0 Å². The lowest BCUT2D eigenvalue weighted by atomic mass is 9.91. The molecule has 0 saturated carbocycles. The average molecular weight is 654 g/mol. The molecular weight excluding hydrogens is 627 g/mol. The van der Waals surface area contributed by atoms with E-state index in [0.29, 0.717) is 23.2 Å². The molecule has 0 aliphatic carbocycles. The van der Waals surface area contributed by atoms with Gasteiger partial charge in [0, 0.05) is 22.1 Å². The van der Waals surface area contributed by atoms with Crippen molar-refractivity contribution in [3.8, 4) is 56.4 Å². The maximum absolute atomic E-state index is 6.25. The summed E-state index contributed by atoms with van der Waals surface area (Å²) in [7, 11) is 0. The lowest BCUT2D eigenvalue weighted by Crippen LogP contribution is -2.00. The van der Waals surface area contributed by atoms with Crippen molar-refractivity contribution < 1.29 is 4.42 Å². The first-order valence-electron chi connectivity index (χ1n) is 16.8. The fraction of sp³-hybridized carbons (Fsp3) is 0. The van der Waals surface area contributed by atoms with Gasteiger partial charge in [-0.15, -0.1) is 0 Å². The molecule has 0 saturated heterocycles. The Balaban J connectivity index is 1.03. The standard InChI is InChI=1S/C45H27N5O/c1-3-11-29(12-4-1)42-48-43(30-13-5-2-6-14-30)50-44(49-42)31-21-19-28(20-22-31)33-25-26-34(36-16-8-7-15-35(33)36)32-23-24-37-40(27-32)51-45-41(37)46-38-17-9-10-18-39(38)47-45/h1-27H. The van der Waals surface area contributed by atoms with E-state index in [9.17, 15) is 0 Å². The van der Waals surface area contributed by atoms with Gasteiger partial charge in [-0.05, 0) is 57.3 Å². The molecule has 238 valence electrons. The van der Waals surface area contributed by atoms with Crippen molar-refractivity contribution in [3.05, 3.63) is 164 Å². The van der Waals surface area contributed by atoms with Crippen LogP contribution in [-0.4, -0.2) is 24.9 Å². The molecule has 0 fully saturated rings. The van der Waals surface area contributed by atoms with Crippen LogP contribution in [0.4, 0.5) is 0 Å². The highest BCUT2D eigenvalue weighted by molar-refractivity contribution is 6.08. The number of hydrogen-bond acceptors (Lipinski definition) is 6. The van der Waals surface area contributed by atoms with Gasteiger partial charge in [-0.25, -0.2) is 24.9 Å². The molecule has 0 aliphatic heterocycles. The van der Waals surface area contributed by atoms with Crippen molar-refractivity contribution in [3.63, 3.8) is 0 Å². The van der Waals surface area contributed by atoms with E-state index in [1.54, 1.807) is 0 Å². The number of para-hydroxylation sites is 2. The minimum atomic E-state index is 0.550. The Labute approximate surface area is 292 Å². The first kappa shape index (κ1) is 28.9. The van der Waals surface area contributed by atoms with Crippen molar-refractivity contribution in [2.45, 2.75) is 0 Å². The molecule has 3 heterocycles. The first-order chi connectivity index (χ1) is 25.2. The Morgan fingerprint density at radius 3 is 1.41 bits per heavy atom. The lowest BCUT2D eigenvalue weighted by molar-refractivity contribution is 0.655. The van der Waals surface area contributed by atoms with Crippen LogP contribution < -0.4 is 0 Å². The van der Waals surface area contributed by atoms with Gasteiger partial charge < -0.3 is 4.42 Å². The number of benzene rings is 7. The molecule has 10 rings (SSSR count). The molecule has 0 unspecified atom stereocenters. The van der Waals surface area contributed by atoms with Gasteiger partial charge >= 0.3 is 0 Å². The Kier molecular flexibility index (Phi) is 6.70. The number of rotatable bonds is 5. The minimum absolute atomic E-state index is 0.550. The van der Waals surface area contributed by atoms with E-state index in [2.05, 4.69) is 78.9 Å². The molecular formula is C45H27N5O. The predicted octanol–water partition coefficient (Wildman–Crippen LogP) is 11.2. The zero-order valence-corrected chi connectivity index (χ0v) is 27.2. The van der Waals surface area contributed by atoms with Crippen LogP contribution in [0, 0.1) is 0 Å². The first-order valence-corrected chi connectivity index (χ1v) is 16.8. The van der Waals surface area contributed by atoms with Gasteiger partial charge in [0.25, 0.3) is 0 Å². The van der Waals surface area contributed by atoms with Gasteiger partial charge in [0.1, 0.15) is 11.1 Å². The number of hydrogen-bond donors (Lipinski definition) is 0. The number of fused-ring (bicyclic) bond motifs is 5. The van der Waals surface area contributed by atoms with Crippen LogP contribution in [0.5, 0.6) is 0 Å². The molecule has 3 aromatic heterocycles. The Morgan fingerprint density at radius 2 is 0.804 bits per heavy atom. The van der Waals surface area contributed by atoms with E-state index in [1.165, 1.54) is 5.39 Å². The summed E-state index contributed by atoms with van der Waals surface area (Å²) >= 11 is 0. The summed E-state index contributed by atoms with van der Waals surface area (Å²) in [6.45, 7) is 0. The highest BCUT2D eigenvalue weighted by Gasteiger charge is 2.16. The zero-order valence-electron chi connectivity index (χ0n) is 27.2. The average Bonchev–Trinajstić information content (AvgIpc) is 3.56. The quantitative estimate of drug-likeness (QED) is 0.184. The smallest absolute Gasteiger partial charge is 0.246 e. The maximum Gasteiger partial charge on any atom is 0.246 e. The highest BCUT2D eigenvalue weighted by atomic mass is 16.3. The lowest BCUT2D eigenvalue weighted by Gasteiger charge is -2.13. The van der Waals surface area contributed by atoms with Crippen molar-refractivity contribution in [1.82, 2.24) is 24.9 Å². The molecule has 10 aromatic rings. The molecule has 0 radical (unpaired) electrons. The highest BCUT2D eigenvalue weighted by Crippen LogP contribution is 2.38. The van der Waals surface area contributed by atoms with Gasteiger partial charge in [0.15, 0.2) is 17.5 Å². The van der Waals surface area contributed by atoms with Crippen LogP contribution >= 0.6 is 0 Å². The molecule has 51 heavy (non-hydrogen) atoms. The second-order valence-corrected chi connectivity index (χ2v) is 12.5. The van der Waals surface area contributed by atoms with Gasteiger partial charge in [-0.1, -0.05) is 140 Å². The summed E-state index contributed by atoms with van der Waals surface area (Å²) in [6.07, 6.45) is 0. The molecule has 6 nitrogen and oxygen atoms in total. The Morgan fingerprint density at radius 1 is 0.333 bits per heavy atom. The summed E-state index contributed by atoms with van der Waals surface area (Å²) in [5.41, 5.74) is 11.1. The van der Waals surface area contributed by atoms with Gasteiger partial charge in [0.2, 0.25) is 5.71 Å². The summed E-state index contributed by atoms with van der Waals surface area (Å²) in [5, 5.41) is 3.28. The summed E-state index contributed by atoms with van der Waals surface area (Å²) < 4.78 is 6.25. The van der Waals surface area contributed by atoms with Crippen LogP contribution in [0.3, 0.4) is 0 Å². The molecule has 0 aliphatic rings. The number of aromatic nitrogens is 5. The second-order valence-electron chi connectivity index (χ2n) is 12.5. The molecule has 0 amide bonds. The Bertz CT molecular complexity index is 2840. The van der Waals surface area contributed by atoms with E-state index in [4.69, 9.17) is 29.3 Å². The Hall–Kier alpha value is -7.05. The zero-order chi connectivity index (χ0) is 33.7. The van der Waals surface area contributed by atoms with Crippen LogP contribution in [0.25, 0.3) is 100 Å². The van der Waals surface area contributed by atoms with Crippen molar-refractivity contribution in [2.24, 2.45) is 0 Å². The SMILES string of the molecule is c1ccc(-c2nc(-c3ccccc3)nc(-c3ccc(-c4ccc(-c5ccc6c(c5)oc5nc7ccccc7nc56)c5ccccc45)cc3)n2)cc1. The summed E-state index contributed by atoms with van der Waals surface area (Å²) in [6, 6.07) is 55.7. The van der Waals surface area contributed by atoms with Gasteiger partial charge in [-0.3, -0.25) is 0 Å². The van der Waals surface area contributed by atoms with Gasteiger partial charge in [-0.2, -0.15) is 0 Å². The number of nitrogens with zero attached hydrogens (tertiary/aromatic N) is 5. The predicted molar refractivity (Wildman–Crippen MR) is 205 cm³/mol. The molecule has 6 heteroatoms. The fourth-order valence-electron chi connectivity index (χ4n) is 6.84. The van der Waals surface area contributed by atoms with Crippen molar-refractivity contribution in [1.29, 1.82) is 0 Å². The van der Waals surface area contributed by atoms with Crippen molar-refractivity contribution in [2.75, 3.05) is 0 Å². The third kappa shape index (κ3) is 5.09.